The number of carbonyl (C=O) groups excluding carboxylic acids is 1. The van der Waals surface area contributed by atoms with Crippen molar-refractivity contribution in [2.45, 2.75) is 51.5 Å². The lowest BCUT2D eigenvalue weighted by Gasteiger charge is -2.33. The third-order valence-corrected chi connectivity index (χ3v) is 4.87. The van der Waals surface area contributed by atoms with Gasteiger partial charge in [-0.3, -0.25) is 9.69 Å². The van der Waals surface area contributed by atoms with Crippen molar-refractivity contribution in [2.75, 3.05) is 18.4 Å². The van der Waals surface area contributed by atoms with E-state index in [-0.39, 0.29) is 17.9 Å². The lowest BCUT2D eigenvalue weighted by molar-refractivity contribution is -0.116. The van der Waals surface area contributed by atoms with Gasteiger partial charge < -0.3 is 9.84 Å². The highest BCUT2D eigenvalue weighted by molar-refractivity contribution is 7.13. The minimum Gasteiger partial charge on any atom is -0.338 e. The van der Waals surface area contributed by atoms with Gasteiger partial charge in [0.25, 0.3) is 0 Å². The van der Waals surface area contributed by atoms with Crippen LogP contribution in [0.25, 0.3) is 0 Å². The van der Waals surface area contributed by atoms with Crippen LogP contribution in [-0.4, -0.2) is 39.0 Å². The number of hydrogen-bond acceptors (Lipinski definition) is 7. The van der Waals surface area contributed by atoms with E-state index in [0.29, 0.717) is 24.0 Å². The fourth-order valence-electron chi connectivity index (χ4n) is 2.87. The minimum absolute atomic E-state index is 0.0114. The molecule has 3 rings (SSSR count). The average Bonchev–Trinajstić information content (AvgIpc) is 3.25. The smallest absolute Gasteiger partial charge is 0.244 e. The van der Waals surface area contributed by atoms with E-state index in [2.05, 4.69) is 39.2 Å². The molecule has 1 amide bonds. The van der Waals surface area contributed by atoms with Crippen LogP contribution in [0.1, 0.15) is 63.2 Å². The Bertz CT molecular complexity index is 655. The Labute approximate surface area is 145 Å². The van der Waals surface area contributed by atoms with Gasteiger partial charge in [0.05, 0.1) is 6.04 Å². The topological polar surface area (TPSA) is 84.2 Å². The Balaban J connectivity index is 1.58. The monoisotopic (exact) mass is 349 g/mol. The third-order valence-electron chi connectivity index (χ3n) is 4.18. The second-order valence-corrected chi connectivity index (χ2v) is 7.22. The molecule has 0 aromatic carbocycles. The molecule has 7 nitrogen and oxygen atoms in total. The highest BCUT2D eigenvalue weighted by Gasteiger charge is 2.29. The number of likely N-dealkylation sites (tertiary alicyclic amines) is 1. The number of rotatable bonds is 6. The van der Waals surface area contributed by atoms with E-state index in [1.54, 1.807) is 6.20 Å². The summed E-state index contributed by atoms with van der Waals surface area (Å²) < 4.78 is 5.48. The molecular formula is C16H23N5O2S. The largest absolute Gasteiger partial charge is 0.338 e. The van der Waals surface area contributed by atoms with Gasteiger partial charge in [-0.2, -0.15) is 4.98 Å². The van der Waals surface area contributed by atoms with Gasteiger partial charge in [-0.1, -0.05) is 25.4 Å². The number of nitrogens with one attached hydrogen (secondary N) is 1. The van der Waals surface area contributed by atoms with Crippen LogP contribution >= 0.6 is 11.3 Å². The van der Waals surface area contributed by atoms with Crippen LogP contribution in [0, 0.1) is 0 Å². The van der Waals surface area contributed by atoms with Crippen LogP contribution in [-0.2, 0) is 4.79 Å². The Kier molecular flexibility index (Phi) is 5.57. The number of amides is 1. The second kappa shape index (κ2) is 7.85. The number of nitrogens with zero attached hydrogens (tertiary/aromatic N) is 4. The number of thiazole rings is 1. The second-order valence-electron chi connectivity index (χ2n) is 6.33. The van der Waals surface area contributed by atoms with Crippen molar-refractivity contribution in [2.24, 2.45) is 0 Å². The molecule has 0 aliphatic carbocycles. The van der Waals surface area contributed by atoms with Gasteiger partial charge in [-0.15, -0.1) is 11.3 Å². The summed E-state index contributed by atoms with van der Waals surface area (Å²) in [6, 6.07) is 0.117. The Morgan fingerprint density at radius 3 is 3.08 bits per heavy atom. The first-order chi connectivity index (χ1) is 11.6. The van der Waals surface area contributed by atoms with Gasteiger partial charge >= 0.3 is 0 Å². The Hall–Kier alpha value is -1.80. The maximum Gasteiger partial charge on any atom is 0.244 e. The first-order valence-electron chi connectivity index (χ1n) is 8.40. The lowest BCUT2D eigenvalue weighted by Crippen LogP contribution is -2.35. The SMILES string of the molecule is CC(C)c1noc([C@@H]2CCCCN2CCC(=O)Nc2nccs2)n1. The van der Waals surface area contributed by atoms with Crippen molar-refractivity contribution in [1.29, 1.82) is 0 Å². The van der Waals surface area contributed by atoms with Gasteiger partial charge in [0.15, 0.2) is 11.0 Å². The molecule has 8 heteroatoms. The van der Waals surface area contributed by atoms with Gasteiger partial charge in [0.2, 0.25) is 11.8 Å². The molecule has 0 saturated carbocycles. The predicted octanol–water partition coefficient (Wildman–Crippen LogP) is 3.21. The van der Waals surface area contributed by atoms with Crippen molar-refractivity contribution in [3.8, 4) is 0 Å². The highest BCUT2D eigenvalue weighted by Crippen LogP contribution is 2.30. The van der Waals surface area contributed by atoms with E-state index in [9.17, 15) is 4.79 Å². The number of anilines is 1. The molecule has 1 N–H and O–H groups in total. The standard InChI is InChI=1S/C16H23N5O2S/c1-11(2)14-19-15(23-20-14)12-5-3-4-8-21(12)9-6-13(22)18-16-17-7-10-24-16/h7,10-12H,3-6,8-9H2,1-2H3,(H,17,18,22)/t12-/m0/s1. The van der Waals surface area contributed by atoms with E-state index in [1.807, 2.05) is 5.38 Å². The van der Waals surface area contributed by atoms with Crippen molar-refractivity contribution in [3.05, 3.63) is 23.3 Å². The molecule has 2 aromatic rings. The predicted molar refractivity (Wildman–Crippen MR) is 91.9 cm³/mol. The molecule has 130 valence electrons. The van der Waals surface area contributed by atoms with Crippen LogP contribution < -0.4 is 5.32 Å². The fourth-order valence-corrected chi connectivity index (χ4v) is 3.41. The number of carbonyl (C=O) groups is 1. The van der Waals surface area contributed by atoms with E-state index in [0.717, 1.165) is 31.6 Å². The van der Waals surface area contributed by atoms with Crippen molar-refractivity contribution in [3.63, 3.8) is 0 Å². The van der Waals surface area contributed by atoms with E-state index >= 15 is 0 Å². The molecule has 0 unspecified atom stereocenters. The maximum absolute atomic E-state index is 12.1. The summed E-state index contributed by atoms with van der Waals surface area (Å²) in [5, 5.41) is 9.39. The van der Waals surface area contributed by atoms with Crippen molar-refractivity contribution in [1.82, 2.24) is 20.0 Å². The molecule has 3 heterocycles. The minimum atomic E-state index is -0.0114. The van der Waals surface area contributed by atoms with Gasteiger partial charge in [0, 0.05) is 30.5 Å². The molecule has 1 aliphatic heterocycles. The summed E-state index contributed by atoms with van der Waals surface area (Å²) in [7, 11) is 0. The number of piperidine rings is 1. The average molecular weight is 349 g/mol. The first kappa shape index (κ1) is 17.0. The van der Waals surface area contributed by atoms with E-state index < -0.39 is 0 Å². The summed E-state index contributed by atoms with van der Waals surface area (Å²) in [5.74, 6) is 1.67. The number of hydrogen-bond donors (Lipinski definition) is 1. The Morgan fingerprint density at radius 1 is 1.50 bits per heavy atom. The third kappa shape index (κ3) is 4.18. The molecule has 2 aromatic heterocycles. The van der Waals surface area contributed by atoms with Gasteiger partial charge in [-0.05, 0) is 19.4 Å². The quantitative estimate of drug-likeness (QED) is 0.862. The molecule has 0 bridgehead atoms. The van der Waals surface area contributed by atoms with Gasteiger partial charge in [-0.25, -0.2) is 4.98 Å². The van der Waals surface area contributed by atoms with Gasteiger partial charge in [0.1, 0.15) is 0 Å². The zero-order chi connectivity index (χ0) is 16.9. The van der Waals surface area contributed by atoms with Crippen LogP contribution in [0.5, 0.6) is 0 Å². The summed E-state index contributed by atoms with van der Waals surface area (Å²) >= 11 is 1.43. The first-order valence-corrected chi connectivity index (χ1v) is 9.28. The molecule has 1 aliphatic rings. The van der Waals surface area contributed by atoms with Crippen LogP contribution in [0.15, 0.2) is 16.1 Å². The van der Waals surface area contributed by atoms with Crippen LogP contribution in [0.4, 0.5) is 5.13 Å². The molecule has 1 saturated heterocycles. The molecule has 1 fully saturated rings. The van der Waals surface area contributed by atoms with E-state index in [4.69, 9.17) is 4.52 Å². The molecule has 1 atom stereocenters. The maximum atomic E-state index is 12.1. The summed E-state index contributed by atoms with van der Waals surface area (Å²) in [6.45, 7) is 5.74. The molecule has 24 heavy (non-hydrogen) atoms. The normalized spacial score (nSPS) is 18.9. The highest BCUT2D eigenvalue weighted by atomic mass is 32.1. The molecule has 0 spiro atoms. The van der Waals surface area contributed by atoms with E-state index in [1.165, 1.54) is 11.3 Å². The Morgan fingerprint density at radius 2 is 2.38 bits per heavy atom. The summed E-state index contributed by atoms with van der Waals surface area (Å²) in [6.07, 6.45) is 5.39. The molecular weight excluding hydrogens is 326 g/mol. The van der Waals surface area contributed by atoms with Crippen molar-refractivity contribution < 1.29 is 9.32 Å². The fraction of sp³-hybridized carbons (Fsp3) is 0.625. The lowest BCUT2D eigenvalue weighted by atomic mass is 10.0. The molecule has 0 radical (unpaired) electrons. The van der Waals surface area contributed by atoms with Crippen LogP contribution in [0.2, 0.25) is 0 Å². The van der Waals surface area contributed by atoms with Crippen molar-refractivity contribution >= 4 is 22.4 Å². The number of aromatic nitrogens is 3. The van der Waals surface area contributed by atoms with Crippen LogP contribution in [0.3, 0.4) is 0 Å². The zero-order valence-corrected chi connectivity index (χ0v) is 14.9. The zero-order valence-electron chi connectivity index (χ0n) is 14.1. The summed E-state index contributed by atoms with van der Waals surface area (Å²) in [4.78, 5) is 23.0. The summed E-state index contributed by atoms with van der Waals surface area (Å²) in [5.41, 5.74) is 0.